The number of hydrogen-bond acceptors (Lipinski definition) is 2. The van der Waals surface area contributed by atoms with E-state index in [0.717, 1.165) is 24.2 Å². The zero-order valence-corrected chi connectivity index (χ0v) is 14.2. The van der Waals surface area contributed by atoms with Crippen LogP contribution in [0.5, 0.6) is 0 Å². The molecule has 3 saturated carbocycles. The fourth-order valence-corrected chi connectivity index (χ4v) is 7.03. The van der Waals surface area contributed by atoms with E-state index in [9.17, 15) is 4.79 Å². The van der Waals surface area contributed by atoms with E-state index in [2.05, 4.69) is 26.0 Å². The topological polar surface area (TPSA) is 17.1 Å². The number of carbonyl (C=O) groups excluding carboxylic acids is 1. The summed E-state index contributed by atoms with van der Waals surface area (Å²) in [6.45, 7) is 4.90. The standard InChI is InChI=1S/C19H28OS/c1-18-9-4-3-5-12(18)6-7-13-14(18)8-10-19(2)15(13)11-16(20)17(19)21/h3-4,12-15,17,21H,5-11H2,1-2H3/t12?,13-,14+,15+,17?,18+,19+/m1/s1. The Bertz CT molecular complexity index is 498. The zero-order valence-electron chi connectivity index (χ0n) is 13.3. The van der Waals surface area contributed by atoms with Gasteiger partial charge in [-0.1, -0.05) is 26.0 Å². The van der Waals surface area contributed by atoms with Crippen molar-refractivity contribution in [2.75, 3.05) is 0 Å². The van der Waals surface area contributed by atoms with Crippen LogP contribution in [0.2, 0.25) is 0 Å². The normalized spacial score (nSPS) is 55.8. The maximum absolute atomic E-state index is 12.3. The molecule has 2 unspecified atom stereocenters. The van der Waals surface area contributed by atoms with Gasteiger partial charge in [0, 0.05) is 6.42 Å². The van der Waals surface area contributed by atoms with Gasteiger partial charge in [-0.15, -0.1) is 0 Å². The predicted octanol–water partition coefficient (Wildman–Crippen LogP) is 4.67. The molecule has 0 amide bonds. The van der Waals surface area contributed by atoms with Crippen LogP contribution in [0.3, 0.4) is 0 Å². The molecule has 21 heavy (non-hydrogen) atoms. The zero-order chi connectivity index (χ0) is 14.8. The molecule has 0 radical (unpaired) electrons. The van der Waals surface area contributed by atoms with Crippen LogP contribution >= 0.6 is 12.6 Å². The van der Waals surface area contributed by atoms with Crippen molar-refractivity contribution in [2.24, 2.45) is 34.5 Å². The van der Waals surface area contributed by atoms with E-state index in [1.54, 1.807) is 0 Å². The second kappa shape index (κ2) is 4.63. The van der Waals surface area contributed by atoms with Crippen LogP contribution in [-0.4, -0.2) is 11.0 Å². The summed E-state index contributed by atoms with van der Waals surface area (Å²) in [5.74, 6) is 3.53. The van der Waals surface area contributed by atoms with Crippen molar-refractivity contribution in [3.05, 3.63) is 12.2 Å². The lowest BCUT2D eigenvalue weighted by atomic mass is 9.46. The highest BCUT2D eigenvalue weighted by molar-refractivity contribution is 7.81. The highest BCUT2D eigenvalue weighted by atomic mass is 32.1. The van der Waals surface area contributed by atoms with E-state index in [1.165, 1.54) is 38.5 Å². The summed E-state index contributed by atoms with van der Waals surface area (Å²) in [5, 5.41) is 0.000214. The number of thiol groups is 1. The molecule has 4 rings (SSSR count). The van der Waals surface area contributed by atoms with Crippen LogP contribution in [0, 0.1) is 34.5 Å². The van der Waals surface area contributed by atoms with E-state index < -0.39 is 0 Å². The number of hydrogen-bond donors (Lipinski definition) is 1. The van der Waals surface area contributed by atoms with Gasteiger partial charge in [0.05, 0.1) is 5.25 Å². The number of Topliss-reactive ketones (excluding diaryl/α,β-unsaturated/α-hetero) is 1. The van der Waals surface area contributed by atoms with E-state index >= 15 is 0 Å². The molecule has 0 aromatic heterocycles. The first-order chi connectivity index (χ1) is 9.97. The van der Waals surface area contributed by atoms with Crippen LogP contribution in [0.25, 0.3) is 0 Å². The highest BCUT2D eigenvalue weighted by Crippen LogP contribution is 2.65. The van der Waals surface area contributed by atoms with Crippen molar-refractivity contribution in [3.8, 4) is 0 Å². The number of fused-ring (bicyclic) bond motifs is 5. The average Bonchev–Trinajstić information content (AvgIpc) is 2.70. The molecule has 3 fully saturated rings. The average molecular weight is 304 g/mol. The van der Waals surface area contributed by atoms with Crippen molar-refractivity contribution >= 4 is 18.4 Å². The largest absolute Gasteiger partial charge is 0.298 e. The quantitative estimate of drug-likeness (QED) is 0.508. The van der Waals surface area contributed by atoms with E-state index in [0.29, 0.717) is 17.1 Å². The predicted molar refractivity (Wildman–Crippen MR) is 89.4 cm³/mol. The second-order valence-corrected chi connectivity index (χ2v) is 9.20. The third-order valence-corrected chi connectivity index (χ3v) is 8.88. The van der Waals surface area contributed by atoms with Gasteiger partial charge in [-0.2, -0.15) is 12.6 Å². The van der Waals surface area contributed by atoms with E-state index in [-0.39, 0.29) is 10.7 Å². The third-order valence-electron chi connectivity index (χ3n) is 8.00. The first kappa shape index (κ1) is 14.4. The van der Waals surface area contributed by atoms with Crippen LogP contribution in [-0.2, 0) is 4.79 Å². The molecule has 0 bridgehead atoms. The monoisotopic (exact) mass is 304 g/mol. The molecular formula is C19H28OS. The van der Waals surface area contributed by atoms with E-state index in [1.807, 2.05) is 0 Å². The minimum Gasteiger partial charge on any atom is -0.298 e. The van der Waals surface area contributed by atoms with Crippen LogP contribution in [0.15, 0.2) is 12.2 Å². The van der Waals surface area contributed by atoms with Crippen LogP contribution < -0.4 is 0 Å². The fourth-order valence-electron chi connectivity index (χ4n) is 6.61. The van der Waals surface area contributed by atoms with Gasteiger partial charge in [0.25, 0.3) is 0 Å². The molecule has 0 spiro atoms. The summed E-state index contributed by atoms with van der Waals surface area (Å²) < 4.78 is 0. The van der Waals surface area contributed by atoms with Gasteiger partial charge in [0.15, 0.2) is 0 Å². The van der Waals surface area contributed by atoms with Crippen LogP contribution in [0.1, 0.15) is 58.8 Å². The lowest BCUT2D eigenvalue weighted by Crippen LogP contribution is -2.52. The van der Waals surface area contributed by atoms with Crippen LogP contribution in [0.4, 0.5) is 0 Å². The first-order valence-electron chi connectivity index (χ1n) is 8.82. The maximum Gasteiger partial charge on any atom is 0.146 e. The molecule has 0 N–H and O–H groups in total. The fraction of sp³-hybridized carbons (Fsp3) is 0.842. The summed E-state index contributed by atoms with van der Waals surface area (Å²) in [6, 6.07) is 0. The molecule has 1 nitrogen and oxygen atoms in total. The summed E-state index contributed by atoms with van der Waals surface area (Å²) in [5.41, 5.74) is 0.672. The minimum atomic E-state index is 0.000214. The Morgan fingerprint density at radius 1 is 1.10 bits per heavy atom. The minimum absolute atomic E-state index is 0.000214. The van der Waals surface area contributed by atoms with Crippen molar-refractivity contribution in [2.45, 2.75) is 64.0 Å². The molecule has 4 aliphatic rings. The molecule has 7 atom stereocenters. The smallest absolute Gasteiger partial charge is 0.146 e. The Balaban J connectivity index is 1.68. The van der Waals surface area contributed by atoms with E-state index in [4.69, 9.17) is 12.6 Å². The number of rotatable bonds is 0. The highest BCUT2D eigenvalue weighted by Gasteiger charge is 2.60. The Kier molecular flexibility index (Phi) is 3.17. The Morgan fingerprint density at radius 3 is 2.71 bits per heavy atom. The van der Waals surface area contributed by atoms with Gasteiger partial charge in [0.1, 0.15) is 5.78 Å². The molecule has 4 aliphatic carbocycles. The SMILES string of the molecule is C[C@]12CC=CCC1CC[C@@H]1[C@@H]2CC[C@]2(C)C(S)C(=O)C[C@@H]12. The molecule has 0 saturated heterocycles. The molecule has 0 aromatic rings. The van der Waals surface area contributed by atoms with Crippen molar-refractivity contribution < 1.29 is 4.79 Å². The summed E-state index contributed by atoms with van der Waals surface area (Å²) >= 11 is 4.70. The Morgan fingerprint density at radius 2 is 1.90 bits per heavy atom. The molecule has 2 heteroatoms. The van der Waals surface area contributed by atoms with Gasteiger partial charge in [-0.25, -0.2) is 0 Å². The van der Waals surface area contributed by atoms with Crippen molar-refractivity contribution in [1.82, 2.24) is 0 Å². The maximum atomic E-state index is 12.3. The number of ketones is 1. The van der Waals surface area contributed by atoms with Gasteiger partial charge in [0.2, 0.25) is 0 Å². The first-order valence-corrected chi connectivity index (χ1v) is 9.34. The molecule has 116 valence electrons. The van der Waals surface area contributed by atoms with Gasteiger partial charge < -0.3 is 0 Å². The Hall–Kier alpha value is -0.240. The van der Waals surface area contributed by atoms with Gasteiger partial charge >= 0.3 is 0 Å². The summed E-state index contributed by atoms with van der Waals surface area (Å²) in [4.78, 5) is 12.3. The summed E-state index contributed by atoms with van der Waals surface area (Å²) in [7, 11) is 0. The molecular weight excluding hydrogens is 276 g/mol. The molecule has 0 aromatic carbocycles. The lowest BCUT2D eigenvalue weighted by Gasteiger charge is -2.59. The third kappa shape index (κ3) is 1.81. The second-order valence-electron chi connectivity index (χ2n) is 8.69. The molecule has 0 aliphatic heterocycles. The van der Waals surface area contributed by atoms with Gasteiger partial charge in [-0.05, 0) is 73.0 Å². The lowest BCUT2D eigenvalue weighted by molar-refractivity contribution is -0.117. The number of allylic oxidation sites excluding steroid dienone is 2. The number of carbonyl (C=O) groups is 1. The van der Waals surface area contributed by atoms with Crippen molar-refractivity contribution in [3.63, 3.8) is 0 Å². The molecule has 0 heterocycles. The summed E-state index contributed by atoms with van der Waals surface area (Å²) in [6.07, 6.45) is 13.5. The van der Waals surface area contributed by atoms with Crippen molar-refractivity contribution in [1.29, 1.82) is 0 Å². The van der Waals surface area contributed by atoms with Gasteiger partial charge in [-0.3, -0.25) is 4.79 Å². The Labute approximate surface area is 134 Å².